The van der Waals surface area contributed by atoms with Crippen LogP contribution in [0.4, 0.5) is 5.69 Å². The number of carbonyl (C=O) groups is 1. The molecule has 2 heterocycles. The number of para-hydroxylation sites is 1. The smallest absolute Gasteiger partial charge is 0.302 e. The number of aryl methyl sites for hydroxylation is 1. The number of anilines is 1. The maximum absolute atomic E-state index is 13.3. The van der Waals surface area contributed by atoms with Gasteiger partial charge in [0.25, 0.3) is 0 Å². The Morgan fingerprint density at radius 1 is 0.909 bits per heavy atom. The van der Waals surface area contributed by atoms with Crippen LogP contribution in [0.15, 0.2) is 65.5 Å². The van der Waals surface area contributed by atoms with Crippen molar-refractivity contribution in [2.24, 2.45) is 0 Å². The maximum Gasteiger partial charge on any atom is 0.363 e. The van der Waals surface area contributed by atoms with E-state index in [0.29, 0.717) is 19.5 Å². The van der Waals surface area contributed by atoms with Crippen molar-refractivity contribution < 1.29 is 4.79 Å². The highest BCUT2D eigenvalue weighted by Crippen LogP contribution is 2.42. The van der Waals surface area contributed by atoms with Gasteiger partial charge in [0.15, 0.2) is 0 Å². The molecule has 1 aliphatic rings. The molecule has 0 spiro atoms. The molecule has 1 fully saturated rings. The predicted octanol–water partition coefficient (Wildman–Crippen LogP) is 2.89. The summed E-state index contributed by atoms with van der Waals surface area (Å²) in [6, 6.07) is 20.4. The third-order valence-corrected chi connectivity index (χ3v) is 6.61. The number of piperidine rings is 1. The lowest BCUT2D eigenvalue weighted by Gasteiger charge is -2.49. The topological polar surface area (TPSA) is 76.3 Å². The summed E-state index contributed by atoms with van der Waals surface area (Å²) in [7, 11) is 0. The molecule has 4 rings (SSSR count). The molecular formula is C25H32N6O2. The molecule has 0 radical (unpaired) electrons. The van der Waals surface area contributed by atoms with Crippen molar-refractivity contribution in [1.29, 1.82) is 0 Å². The lowest BCUT2D eigenvalue weighted by atomic mass is 9.78. The molecule has 33 heavy (non-hydrogen) atoms. The molecule has 1 amide bonds. The second-order valence-corrected chi connectivity index (χ2v) is 8.46. The van der Waals surface area contributed by atoms with Crippen molar-refractivity contribution in [2.45, 2.75) is 51.7 Å². The Bertz CT molecular complexity index is 1100. The van der Waals surface area contributed by atoms with E-state index in [1.54, 1.807) is 0 Å². The van der Waals surface area contributed by atoms with Crippen molar-refractivity contribution in [3.8, 4) is 0 Å². The van der Waals surface area contributed by atoms with Gasteiger partial charge in [-0.15, -0.1) is 0 Å². The second kappa shape index (κ2) is 10.1. The van der Waals surface area contributed by atoms with Crippen LogP contribution in [0, 0.1) is 0 Å². The summed E-state index contributed by atoms with van der Waals surface area (Å²) >= 11 is 0. The molecule has 1 saturated heterocycles. The second-order valence-electron chi connectivity index (χ2n) is 8.46. The van der Waals surface area contributed by atoms with Crippen molar-refractivity contribution in [1.82, 2.24) is 24.7 Å². The molecular weight excluding hydrogens is 416 g/mol. The molecule has 2 aromatic carbocycles. The van der Waals surface area contributed by atoms with Gasteiger partial charge < -0.3 is 9.80 Å². The number of rotatable bonds is 8. The molecule has 8 heteroatoms. The largest absolute Gasteiger partial charge is 0.363 e. The van der Waals surface area contributed by atoms with Crippen molar-refractivity contribution in [2.75, 3.05) is 24.5 Å². The number of carbonyl (C=O) groups excluding carboxylic acids is 1. The van der Waals surface area contributed by atoms with Gasteiger partial charge in [0.05, 0.1) is 12.1 Å². The Hall–Kier alpha value is -3.26. The molecule has 0 unspecified atom stereocenters. The number of nitrogens with zero attached hydrogens (tertiary/aromatic N) is 6. The number of amides is 1. The first-order valence-electron chi connectivity index (χ1n) is 11.8. The minimum Gasteiger partial charge on any atom is -0.302 e. The van der Waals surface area contributed by atoms with Gasteiger partial charge in [-0.2, -0.15) is 9.36 Å². The van der Waals surface area contributed by atoms with Crippen molar-refractivity contribution in [3.05, 3.63) is 76.7 Å². The zero-order chi connectivity index (χ0) is 23.3. The van der Waals surface area contributed by atoms with E-state index < -0.39 is 5.54 Å². The monoisotopic (exact) mass is 448 g/mol. The third-order valence-electron chi connectivity index (χ3n) is 6.61. The summed E-state index contributed by atoms with van der Waals surface area (Å²) in [5.74, 6) is 0.126. The first kappa shape index (κ1) is 22.9. The van der Waals surface area contributed by atoms with Crippen LogP contribution in [0.3, 0.4) is 0 Å². The van der Waals surface area contributed by atoms with E-state index in [2.05, 4.69) is 27.5 Å². The van der Waals surface area contributed by atoms with Gasteiger partial charge in [0.1, 0.15) is 0 Å². The molecule has 0 aliphatic carbocycles. The lowest BCUT2D eigenvalue weighted by Crippen LogP contribution is -2.56. The summed E-state index contributed by atoms with van der Waals surface area (Å²) in [4.78, 5) is 29.9. The van der Waals surface area contributed by atoms with Crippen LogP contribution in [-0.4, -0.2) is 50.2 Å². The van der Waals surface area contributed by atoms with Crippen LogP contribution in [0.25, 0.3) is 0 Å². The fourth-order valence-electron chi connectivity index (χ4n) is 4.78. The minimum absolute atomic E-state index is 0.126. The minimum atomic E-state index is -0.408. The van der Waals surface area contributed by atoms with E-state index in [0.717, 1.165) is 43.7 Å². The van der Waals surface area contributed by atoms with E-state index in [1.165, 1.54) is 9.36 Å². The van der Waals surface area contributed by atoms with E-state index >= 15 is 0 Å². The molecule has 1 aliphatic heterocycles. The number of hydrogen-bond donors (Lipinski definition) is 0. The molecule has 3 aromatic rings. The van der Waals surface area contributed by atoms with Crippen LogP contribution in [-0.2, 0) is 23.4 Å². The first-order chi connectivity index (χ1) is 16.1. The van der Waals surface area contributed by atoms with Gasteiger partial charge >= 0.3 is 5.69 Å². The summed E-state index contributed by atoms with van der Waals surface area (Å²) in [6.45, 7) is 7.20. The quantitative estimate of drug-likeness (QED) is 0.530. The van der Waals surface area contributed by atoms with Crippen LogP contribution in [0.1, 0.15) is 38.7 Å². The Kier molecular flexibility index (Phi) is 7.03. The summed E-state index contributed by atoms with van der Waals surface area (Å²) in [6.07, 6.45) is 2.07. The van der Waals surface area contributed by atoms with Crippen molar-refractivity contribution >= 4 is 11.6 Å². The summed E-state index contributed by atoms with van der Waals surface area (Å²) < 4.78 is 2.80. The average Bonchev–Trinajstić information content (AvgIpc) is 3.24. The molecule has 0 bridgehead atoms. The molecule has 174 valence electrons. The number of aromatic nitrogens is 4. The fourth-order valence-corrected chi connectivity index (χ4v) is 4.78. The number of likely N-dealkylation sites (tertiary alicyclic amines) is 1. The molecule has 8 nitrogen and oxygen atoms in total. The standard InChI is InChI=1S/C25H32N6O2/c1-3-23(32)31(22-13-9-6-10-14-22)25(21-11-7-5-8-12-21)15-17-28(18-16-25)19-20-30-24(33)29(4-2)26-27-30/h5-14H,3-4,15-20H2,1-2H3. The number of hydrogen-bond acceptors (Lipinski definition) is 5. The predicted molar refractivity (Wildman–Crippen MR) is 128 cm³/mol. The van der Waals surface area contributed by atoms with Crippen LogP contribution < -0.4 is 10.6 Å². The highest BCUT2D eigenvalue weighted by molar-refractivity contribution is 5.95. The van der Waals surface area contributed by atoms with Crippen molar-refractivity contribution in [3.63, 3.8) is 0 Å². The third kappa shape index (κ3) is 4.61. The lowest BCUT2D eigenvalue weighted by molar-refractivity contribution is -0.120. The van der Waals surface area contributed by atoms with Gasteiger partial charge in [-0.1, -0.05) is 55.5 Å². The highest BCUT2D eigenvalue weighted by Gasteiger charge is 2.44. The Morgan fingerprint density at radius 2 is 1.52 bits per heavy atom. The normalized spacial score (nSPS) is 15.9. The van der Waals surface area contributed by atoms with Gasteiger partial charge in [0, 0.05) is 38.3 Å². The summed E-state index contributed by atoms with van der Waals surface area (Å²) in [5, 5.41) is 7.89. The Morgan fingerprint density at radius 3 is 2.09 bits per heavy atom. The Labute approximate surface area is 194 Å². The van der Waals surface area contributed by atoms with E-state index in [1.807, 2.05) is 67.3 Å². The average molecular weight is 449 g/mol. The molecule has 0 atom stereocenters. The SMILES string of the molecule is CCC(=O)N(c1ccccc1)C1(c2ccccc2)CCN(CCn2nnn(CC)c2=O)CC1. The van der Waals surface area contributed by atoms with Crippen LogP contribution >= 0.6 is 0 Å². The fraction of sp³-hybridized carbons (Fsp3) is 0.440. The molecule has 0 saturated carbocycles. The Balaban J connectivity index is 1.58. The molecule has 1 aromatic heterocycles. The van der Waals surface area contributed by atoms with Gasteiger partial charge in [0.2, 0.25) is 5.91 Å². The number of benzene rings is 2. The van der Waals surface area contributed by atoms with Crippen LogP contribution in [0.5, 0.6) is 0 Å². The van der Waals surface area contributed by atoms with E-state index in [4.69, 9.17) is 0 Å². The van der Waals surface area contributed by atoms with Gasteiger partial charge in [-0.3, -0.25) is 4.79 Å². The van der Waals surface area contributed by atoms with Crippen LogP contribution in [0.2, 0.25) is 0 Å². The maximum atomic E-state index is 13.3. The van der Waals surface area contributed by atoms with E-state index in [9.17, 15) is 9.59 Å². The zero-order valence-electron chi connectivity index (χ0n) is 19.4. The van der Waals surface area contributed by atoms with Gasteiger partial charge in [-0.25, -0.2) is 4.79 Å². The zero-order valence-corrected chi connectivity index (χ0v) is 19.4. The first-order valence-corrected chi connectivity index (χ1v) is 11.8. The van der Waals surface area contributed by atoms with Gasteiger partial charge in [-0.05, 0) is 47.9 Å². The summed E-state index contributed by atoms with van der Waals surface area (Å²) in [5.41, 5.74) is 1.52. The highest BCUT2D eigenvalue weighted by atomic mass is 16.2. The van der Waals surface area contributed by atoms with E-state index in [-0.39, 0.29) is 11.6 Å². The molecule has 0 N–H and O–H groups in total. The number of tetrazole rings is 1.